The van der Waals surface area contributed by atoms with Crippen molar-refractivity contribution in [3.63, 3.8) is 0 Å². The van der Waals surface area contributed by atoms with Gasteiger partial charge in [-0.25, -0.2) is 14.1 Å². The van der Waals surface area contributed by atoms with Crippen molar-refractivity contribution in [2.45, 2.75) is 24.2 Å². The fourth-order valence-electron chi connectivity index (χ4n) is 8.68. The molecular weight excluding hydrogens is 913 g/mol. The highest BCUT2D eigenvalue weighted by molar-refractivity contribution is 6.34. The summed E-state index contributed by atoms with van der Waals surface area (Å²) in [4.78, 5) is 15.7. The fourth-order valence-corrected chi connectivity index (χ4v) is 9.51. The topological polar surface area (TPSA) is 89.5 Å². The number of hydrogen-bond donors (Lipinski definition) is 1. The number of aliphatic hydroxyl groups excluding tert-OH is 1. The Balaban J connectivity index is 0.000000196. The van der Waals surface area contributed by atoms with Crippen LogP contribution < -0.4 is 9.80 Å². The minimum absolute atomic E-state index is 0.0255. The van der Waals surface area contributed by atoms with Crippen LogP contribution in [-0.2, 0) is 0 Å². The third kappa shape index (κ3) is 11.1. The second-order valence-corrected chi connectivity index (χ2v) is 17.5. The van der Waals surface area contributed by atoms with Crippen LogP contribution in [0.25, 0.3) is 9.69 Å². The van der Waals surface area contributed by atoms with Gasteiger partial charge in [0.15, 0.2) is 11.4 Å². The predicted molar refractivity (Wildman–Crippen MR) is 263 cm³/mol. The summed E-state index contributed by atoms with van der Waals surface area (Å²) in [7, 11) is 0. The molecular formula is C52H43Cl4FN8O. The first-order chi connectivity index (χ1) is 32.1. The highest BCUT2D eigenvalue weighted by Crippen LogP contribution is 2.40. The molecule has 14 heteroatoms. The van der Waals surface area contributed by atoms with Crippen molar-refractivity contribution in [1.29, 1.82) is 10.5 Å². The lowest BCUT2D eigenvalue weighted by Crippen LogP contribution is -2.50. The van der Waals surface area contributed by atoms with Gasteiger partial charge in [0.05, 0.1) is 88.6 Å². The van der Waals surface area contributed by atoms with E-state index in [0.717, 1.165) is 40.2 Å². The normalized spacial score (nSPS) is 17.2. The summed E-state index contributed by atoms with van der Waals surface area (Å²) in [6, 6.07) is 44.2. The summed E-state index contributed by atoms with van der Waals surface area (Å²) < 4.78 is 14.3. The number of alkyl halides is 1. The molecule has 6 aromatic rings. The van der Waals surface area contributed by atoms with Crippen molar-refractivity contribution in [2.75, 3.05) is 62.3 Å². The third-order valence-corrected chi connectivity index (χ3v) is 13.2. The molecule has 9 nitrogen and oxygen atoms in total. The van der Waals surface area contributed by atoms with Crippen LogP contribution in [0.1, 0.15) is 57.5 Å². The first-order valence-corrected chi connectivity index (χ1v) is 22.6. The Morgan fingerprint density at radius 2 is 0.970 bits per heavy atom. The number of halogens is 5. The average Bonchev–Trinajstić information content (AvgIpc) is 3.35. The molecule has 4 atom stereocenters. The lowest BCUT2D eigenvalue weighted by atomic mass is 9.98. The zero-order chi connectivity index (χ0) is 46.7. The Kier molecular flexibility index (Phi) is 16.2. The van der Waals surface area contributed by atoms with E-state index in [0.29, 0.717) is 75.3 Å². The zero-order valence-corrected chi connectivity index (χ0v) is 38.6. The van der Waals surface area contributed by atoms with E-state index in [-0.39, 0.29) is 24.7 Å². The van der Waals surface area contributed by atoms with Gasteiger partial charge in [-0.3, -0.25) is 9.80 Å². The van der Waals surface area contributed by atoms with E-state index in [2.05, 4.69) is 41.4 Å². The molecule has 8 rings (SSSR count). The SMILES string of the molecule is [C-]#[N+]c1ccc([C@@H](CF)N2CCN(c3ccc(C#N)cc3Cl)[C@H](c3ccc(Cl)cc3)C2)cc1.[C-]#[N+]c1ccc([C@@H](CO)N2CCN(c3ccc(C#N)cc3Cl)[C@H](c3ccc(Cl)cc3)C2)cc1. The third-order valence-electron chi connectivity index (χ3n) is 12.1. The summed E-state index contributed by atoms with van der Waals surface area (Å²) >= 11 is 25.4. The van der Waals surface area contributed by atoms with Crippen molar-refractivity contribution in [3.05, 3.63) is 210 Å². The highest BCUT2D eigenvalue weighted by Gasteiger charge is 2.35. The molecule has 2 aliphatic rings. The van der Waals surface area contributed by atoms with Crippen molar-refractivity contribution in [2.24, 2.45) is 0 Å². The van der Waals surface area contributed by atoms with Crippen molar-refractivity contribution < 1.29 is 9.50 Å². The molecule has 0 radical (unpaired) electrons. The first kappa shape index (κ1) is 47.8. The Labute approximate surface area is 405 Å². The van der Waals surface area contributed by atoms with Gasteiger partial charge in [-0.05, 0) is 82.9 Å². The molecule has 2 heterocycles. The van der Waals surface area contributed by atoms with E-state index >= 15 is 0 Å². The number of piperazine rings is 2. The maximum Gasteiger partial charge on any atom is 0.187 e. The van der Waals surface area contributed by atoms with E-state index in [1.165, 1.54) is 0 Å². The number of aliphatic hydroxyl groups is 1. The van der Waals surface area contributed by atoms with E-state index < -0.39 is 12.7 Å². The minimum atomic E-state index is -0.525. The number of hydrogen-bond acceptors (Lipinski definition) is 7. The molecule has 0 bridgehead atoms. The van der Waals surface area contributed by atoms with E-state index in [9.17, 15) is 20.0 Å². The van der Waals surface area contributed by atoms with Gasteiger partial charge in [0.25, 0.3) is 0 Å². The lowest BCUT2D eigenvalue weighted by molar-refractivity contribution is 0.103. The van der Waals surface area contributed by atoms with Crippen molar-refractivity contribution in [1.82, 2.24) is 9.80 Å². The van der Waals surface area contributed by atoms with Crippen molar-refractivity contribution in [3.8, 4) is 12.1 Å². The smallest absolute Gasteiger partial charge is 0.187 e. The molecule has 2 aliphatic heterocycles. The van der Waals surface area contributed by atoms with Crippen LogP contribution in [0.4, 0.5) is 27.1 Å². The van der Waals surface area contributed by atoms with Gasteiger partial charge < -0.3 is 14.9 Å². The van der Waals surface area contributed by atoms with Gasteiger partial charge in [0.1, 0.15) is 6.67 Å². The van der Waals surface area contributed by atoms with Gasteiger partial charge in [0, 0.05) is 49.3 Å². The largest absolute Gasteiger partial charge is 0.394 e. The quantitative estimate of drug-likeness (QED) is 0.137. The first-order valence-electron chi connectivity index (χ1n) is 21.1. The maximum absolute atomic E-state index is 14.3. The highest BCUT2D eigenvalue weighted by atomic mass is 35.5. The van der Waals surface area contributed by atoms with Crippen LogP contribution in [0.3, 0.4) is 0 Å². The molecule has 0 saturated carbocycles. The summed E-state index contributed by atoms with van der Waals surface area (Å²) in [5, 5.41) is 31.0. The van der Waals surface area contributed by atoms with Crippen LogP contribution in [0, 0.1) is 35.8 Å². The molecule has 6 aromatic carbocycles. The van der Waals surface area contributed by atoms with Crippen LogP contribution in [0.2, 0.25) is 20.1 Å². The molecule has 0 amide bonds. The van der Waals surface area contributed by atoms with Gasteiger partial charge >= 0.3 is 0 Å². The van der Waals surface area contributed by atoms with Crippen LogP contribution in [-0.4, -0.2) is 67.5 Å². The van der Waals surface area contributed by atoms with E-state index in [1.807, 2.05) is 84.9 Å². The Bertz CT molecular complexity index is 2590. The van der Waals surface area contributed by atoms with Crippen molar-refractivity contribution >= 4 is 69.2 Å². The number of nitriles is 2. The Morgan fingerprint density at radius 3 is 1.32 bits per heavy atom. The molecule has 0 spiro atoms. The monoisotopic (exact) mass is 954 g/mol. The van der Waals surface area contributed by atoms with Crippen LogP contribution >= 0.6 is 46.4 Å². The van der Waals surface area contributed by atoms with E-state index in [4.69, 9.17) is 59.5 Å². The number of nitrogens with zero attached hydrogens (tertiary/aromatic N) is 8. The van der Waals surface area contributed by atoms with Crippen LogP contribution in [0.15, 0.2) is 133 Å². The number of benzene rings is 6. The fraction of sp³-hybridized carbons (Fsp3) is 0.231. The lowest BCUT2D eigenvalue weighted by Gasteiger charge is -2.46. The number of anilines is 2. The second-order valence-electron chi connectivity index (χ2n) is 15.8. The molecule has 2 saturated heterocycles. The minimum Gasteiger partial charge on any atom is -0.394 e. The predicted octanol–water partition coefficient (Wildman–Crippen LogP) is 13.0. The summed E-state index contributed by atoms with van der Waals surface area (Å²) in [5.41, 5.74) is 7.82. The van der Waals surface area contributed by atoms with E-state index in [1.54, 1.807) is 48.5 Å². The average molecular weight is 957 g/mol. The Morgan fingerprint density at radius 1 is 0.576 bits per heavy atom. The second kappa shape index (κ2) is 22.4. The van der Waals surface area contributed by atoms with Gasteiger partial charge in [-0.1, -0.05) is 119 Å². The maximum atomic E-state index is 14.3. The molecule has 0 unspecified atom stereocenters. The zero-order valence-electron chi connectivity index (χ0n) is 35.6. The molecule has 0 aliphatic carbocycles. The molecule has 1 N–H and O–H groups in total. The van der Waals surface area contributed by atoms with Gasteiger partial charge in [0.2, 0.25) is 0 Å². The summed E-state index contributed by atoms with van der Waals surface area (Å²) in [6.45, 7) is 17.7. The molecule has 0 aromatic heterocycles. The standard InChI is InChI=1S/C26H21Cl2FN4.C26H22Cl2N4O/c1-31-22-9-5-19(6-10-22)25(15-29)32-12-13-33(24-11-2-18(16-30)14-23(24)28)26(17-32)20-3-7-21(27)8-4-20;1-30-22-9-5-20(6-10-22)26(17-33)31-12-13-32(24-11-2-18(15-29)14-23(24)28)25(16-31)19-3-7-21(27)8-4-19/h2-11,14,25-26H,12-13,15,17H2;2-11,14,25-26,33H,12-13,16-17H2/t2*25-,26+/m10/s1. The van der Waals surface area contributed by atoms with Gasteiger partial charge in [-0.2, -0.15) is 10.5 Å². The summed E-state index contributed by atoms with van der Waals surface area (Å²) in [5.74, 6) is 0. The van der Waals surface area contributed by atoms with Gasteiger partial charge in [-0.15, -0.1) is 0 Å². The molecule has 66 heavy (non-hydrogen) atoms. The number of rotatable bonds is 10. The molecule has 2 fully saturated rings. The molecule has 332 valence electrons. The Hall–Kier alpha value is -6.15. The van der Waals surface area contributed by atoms with Crippen LogP contribution in [0.5, 0.6) is 0 Å². The summed E-state index contributed by atoms with van der Waals surface area (Å²) in [6.07, 6.45) is 0.